The first-order valence-electron chi connectivity index (χ1n) is 13.8. The van der Waals surface area contributed by atoms with Gasteiger partial charge in [0, 0.05) is 55.2 Å². The Morgan fingerprint density at radius 3 is 1.90 bits per heavy atom. The summed E-state index contributed by atoms with van der Waals surface area (Å²) >= 11 is 1.81. The van der Waals surface area contributed by atoms with E-state index in [0.717, 1.165) is 22.2 Å². The average molecular weight is 556 g/mol. The van der Waals surface area contributed by atoms with Gasteiger partial charge in [0.15, 0.2) is 11.6 Å². The molecule has 6 heteroatoms. The molecule has 0 saturated carbocycles. The number of rotatable bonds is 3. The Bertz CT molecular complexity index is 2400. The fourth-order valence-electron chi connectivity index (χ4n) is 6.01. The van der Waals surface area contributed by atoms with Crippen molar-refractivity contribution in [2.45, 2.75) is 0 Å². The van der Waals surface area contributed by atoms with Crippen LogP contribution in [0.5, 0.6) is 0 Å². The number of nitrogens with zero attached hydrogens (tertiary/aromatic N) is 5. The Hall–Kier alpha value is -5.46. The summed E-state index contributed by atoms with van der Waals surface area (Å²) in [5.74, 6) is 1.89. The van der Waals surface area contributed by atoms with E-state index in [1.165, 1.54) is 41.7 Å². The van der Waals surface area contributed by atoms with Crippen molar-refractivity contribution in [1.82, 2.24) is 24.5 Å². The Kier molecular flexibility index (Phi) is 5.00. The number of fused-ring (bicyclic) bond motifs is 9. The van der Waals surface area contributed by atoms with E-state index >= 15 is 0 Å². The molecular formula is C36H21N5S. The minimum atomic E-state index is 0.602. The second-order valence-electron chi connectivity index (χ2n) is 10.3. The summed E-state index contributed by atoms with van der Waals surface area (Å²) in [6, 6.07) is 39.8. The van der Waals surface area contributed by atoms with Crippen LogP contribution < -0.4 is 0 Å². The molecule has 0 aliphatic rings. The van der Waals surface area contributed by atoms with Crippen LogP contribution >= 0.6 is 11.3 Å². The fourth-order valence-corrected chi connectivity index (χ4v) is 7.36. The van der Waals surface area contributed by atoms with Crippen molar-refractivity contribution in [2.75, 3.05) is 0 Å². The molecular weight excluding hydrogens is 534 g/mol. The van der Waals surface area contributed by atoms with Gasteiger partial charge < -0.3 is 0 Å². The molecule has 0 spiro atoms. The molecule has 0 N–H and O–H groups in total. The van der Waals surface area contributed by atoms with E-state index in [2.05, 4.69) is 64.1 Å². The molecule has 0 radical (unpaired) electrons. The normalized spacial score (nSPS) is 11.8. The van der Waals surface area contributed by atoms with Crippen molar-refractivity contribution < 1.29 is 0 Å². The Morgan fingerprint density at radius 1 is 0.500 bits per heavy atom. The monoisotopic (exact) mass is 555 g/mol. The summed E-state index contributed by atoms with van der Waals surface area (Å²) in [6.07, 6.45) is 3.83. The third kappa shape index (κ3) is 3.42. The highest BCUT2D eigenvalue weighted by molar-refractivity contribution is 7.27. The highest BCUT2D eigenvalue weighted by Crippen LogP contribution is 2.44. The van der Waals surface area contributed by atoms with E-state index in [0.29, 0.717) is 17.6 Å². The molecule has 0 atom stereocenters. The zero-order valence-electron chi connectivity index (χ0n) is 22.3. The number of para-hydroxylation sites is 1. The molecule has 0 fully saturated rings. The molecule has 0 saturated heterocycles. The van der Waals surface area contributed by atoms with Crippen molar-refractivity contribution in [3.05, 3.63) is 128 Å². The van der Waals surface area contributed by atoms with Crippen LogP contribution in [0.3, 0.4) is 0 Å². The number of hydrogen-bond donors (Lipinski definition) is 0. The zero-order valence-corrected chi connectivity index (χ0v) is 23.1. The molecule has 9 rings (SSSR count). The molecule has 42 heavy (non-hydrogen) atoms. The van der Waals surface area contributed by atoms with E-state index in [1.54, 1.807) is 0 Å². The molecule has 0 amide bonds. The van der Waals surface area contributed by atoms with Gasteiger partial charge >= 0.3 is 0 Å². The SMILES string of the molecule is c1ccc(-c2nc(-c3ccccc3)nc(-n3c4ccccc4c4ccc5c6ccc7ccncc7c6sc5c43)n2)cc1. The molecule has 0 aliphatic heterocycles. The Balaban J connectivity index is 1.44. The van der Waals surface area contributed by atoms with Crippen molar-refractivity contribution in [2.24, 2.45) is 0 Å². The van der Waals surface area contributed by atoms with Gasteiger partial charge in [-0.25, -0.2) is 4.98 Å². The van der Waals surface area contributed by atoms with E-state index in [4.69, 9.17) is 15.0 Å². The number of pyridine rings is 1. The van der Waals surface area contributed by atoms with Crippen LogP contribution in [0, 0.1) is 0 Å². The first kappa shape index (κ1) is 23.3. The van der Waals surface area contributed by atoms with Crippen LogP contribution in [-0.2, 0) is 0 Å². The minimum Gasteiger partial charge on any atom is -0.276 e. The Labute approximate surface area is 244 Å². The summed E-state index contributed by atoms with van der Waals surface area (Å²) < 4.78 is 4.67. The van der Waals surface area contributed by atoms with E-state index < -0.39 is 0 Å². The minimum absolute atomic E-state index is 0.602. The molecule has 4 heterocycles. The van der Waals surface area contributed by atoms with E-state index in [-0.39, 0.29) is 0 Å². The number of hydrogen-bond acceptors (Lipinski definition) is 5. The lowest BCUT2D eigenvalue weighted by atomic mass is 10.1. The van der Waals surface area contributed by atoms with Crippen molar-refractivity contribution in [3.8, 4) is 28.7 Å². The number of aromatic nitrogens is 5. The molecule has 0 bridgehead atoms. The maximum atomic E-state index is 5.12. The van der Waals surface area contributed by atoms with Gasteiger partial charge in [0.2, 0.25) is 5.95 Å². The highest BCUT2D eigenvalue weighted by Gasteiger charge is 2.21. The lowest BCUT2D eigenvalue weighted by molar-refractivity contribution is 0.955. The summed E-state index contributed by atoms with van der Waals surface area (Å²) in [5.41, 5.74) is 4.07. The number of benzene rings is 5. The third-order valence-electron chi connectivity index (χ3n) is 7.95. The van der Waals surface area contributed by atoms with Gasteiger partial charge in [0.05, 0.1) is 15.7 Å². The Morgan fingerprint density at radius 2 is 1.14 bits per heavy atom. The third-order valence-corrected chi connectivity index (χ3v) is 9.21. The molecule has 196 valence electrons. The predicted molar refractivity (Wildman–Crippen MR) is 173 cm³/mol. The average Bonchev–Trinajstić information content (AvgIpc) is 3.62. The lowest BCUT2D eigenvalue weighted by Crippen LogP contribution is -2.06. The zero-order chi connectivity index (χ0) is 27.6. The van der Waals surface area contributed by atoms with Crippen LogP contribution in [0.2, 0.25) is 0 Å². The van der Waals surface area contributed by atoms with Gasteiger partial charge in [0.1, 0.15) is 0 Å². The first-order valence-corrected chi connectivity index (χ1v) is 14.6. The smallest absolute Gasteiger partial charge is 0.238 e. The number of thiophene rings is 1. The predicted octanol–water partition coefficient (Wildman–Crippen LogP) is 9.22. The second kappa shape index (κ2) is 9.03. The van der Waals surface area contributed by atoms with Crippen molar-refractivity contribution >= 4 is 64.1 Å². The van der Waals surface area contributed by atoms with Crippen LogP contribution in [-0.4, -0.2) is 24.5 Å². The summed E-state index contributed by atoms with van der Waals surface area (Å²) in [5, 5.41) is 7.16. The second-order valence-corrected chi connectivity index (χ2v) is 11.4. The standard InChI is InChI=1S/C36H21N5S/c1-3-9-23(10-4-1)34-38-35(24-11-5-2-6-12-24)40-36(39-34)41-30-14-8-7-13-25(30)26-17-18-28-27-16-15-22-19-20-37-21-29(22)32(27)42-33(28)31(26)41/h1-21H. The van der Waals surface area contributed by atoms with Gasteiger partial charge in [-0.15, -0.1) is 11.3 Å². The summed E-state index contributed by atoms with van der Waals surface area (Å²) in [4.78, 5) is 19.6. The quantitative estimate of drug-likeness (QED) is 0.218. The van der Waals surface area contributed by atoms with E-state index in [1.807, 2.05) is 84.4 Å². The molecule has 0 unspecified atom stereocenters. The van der Waals surface area contributed by atoms with E-state index in [9.17, 15) is 0 Å². The maximum Gasteiger partial charge on any atom is 0.238 e. The molecule has 5 aromatic carbocycles. The molecule has 0 aliphatic carbocycles. The van der Waals surface area contributed by atoms with Crippen molar-refractivity contribution in [3.63, 3.8) is 0 Å². The van der Waals surface area contributed by atoms with Crippen LogP contribution in [0.25, 0.3) is 81.5 Å². The molecule has 9 aromatic rings. The topological polar surface area (TPSA) is 56.5 Å². The van der Waals surface area contributed by atoms with Gasteiger partial charge in [-0.1, -0.05) is 103 Å². The molecule has 4 aromatic heterocycles. The largest absolute Gasteiger partial charge is 0.276 e. The molecule has 5 nitrogen and oxygen atoms in total. The lowest BCUT2D eigenvalue weighted by Gasteiger charge is -2.11. The van der Waals surface area contributed by atoms with Gasteiger partial charge in [-0.2, -0.15) is 9.97 Å². The fraction of sp³-hybridized carbons (Fsp3) is 0. The van der Waals surface area contributed by atoms with Gasteiger partial charge in [-0.3, -0.25) is 9.55 Å². The van der Waals surface area contributed by atoms with Crippen LogP contribution in [0.1, 0.15) is 0 Å². The van der Waals surface area contributed by atoms with Crippen molar-refractivity contribution in [1.29, 1.82) is 0 Å². The first-order chi connectivity index (χ1) is 20.8. The van der Waals surface area contributed by atoms with Crippen LogP contribution in [0.4, 0.5) is 0 Å². The summed E-state index contributed by atoms with van der Waals surface area (Å²) in [7, 11) is 0. The van der Waals surface area contributed by atoms with Gasteiger partial charge in [0.25, 0.3) is 0 Å². The highest BCUT2D eigenvalue weighted by atomic mass is 32.1. The van der Waals surface area contributed by atoms with Gasteiger partial charge in [-0.05, 0) is 17.5 Å². The maximum absolute atomic E-state index is 5.12. The summed E-state index contributed by atoms with van der Waals surface area (Å²) in [6.45, 7) is 0. The van der Waals surface area contributed by atoms with Crippen LogP contribution in [0.15, 0.2) is 128 Å².